The zero-order valence-electron chi connectivity index (χ0n) is 13.0. The summed E-state index contributed by atoms with van der Waals surface area (Å²) in [5.74, 6) is 0.557. The first-order valence-electron chi connectivity index (χ1n) is 7.68. The van der Waals surface area contributed by atoms with Gasteiger partial charge in [0.15, 0.2) is 0 Å². The second kappa shape index (κ2) is 6.74. The Balaban J connectivity index is 1.98. The van der Waals surface area contributed by atoms with Gasteiger partial charge in [0.2, 0.25) is 0 Å². The van der Waals surface area contributed by atoms with Crippen molar-refractivity contribution in [2.45, 2.75) is 39.7 Å². The van der Waals surface area contributed by atoms with E-state index in [2.05, 4.69) is 37.0 Å². The van der Waals surface area contributed by atoms with Gasteiger partial charge < -0.3 is 0 Å². The zero-order chi connectivity index (χ0) is 15.3. The van der Waals surface area contributed by atoms with Crippen LogP contribution in [-0.4, -0.2) is 18.0 Å². The smallest absolute Gasteiger partial charge is 0.0991 e. The Hall–Kier alpha value is -1.84. The lowest BCUT2D eigenvalue weighted by Gasteiger charge is -2.43. The number of nitrogens with zero attached hydrogens (tertiary/aromatic N) is 3. The van der Waals surface area contributed by atoms with Crippen molar-refractivity contribution in [2.75, 3.05) is 13.1 Å². The highest BCUT2D eigenvalue weighted by molar-refractivity contribution is 5.32. The molecule has 1 aromatic carbocycles. The largest absolute Gasteiger partial charge is 0.299 e. The standard InChI is InChI=1S/C18H23N3/c1-15(2)18(6-9-19)7-10-21(11-8-18)14-17-5-3-4-16(12-17)13-20/h3-5,12,15H,6-8,10-11,14H2,1-2H3. The van der Waals surface area contributed by atoms with Gasteiger partial charge in [-0.3, -0.25) is 4.90 Å². The zero-order valence-corrected chi connectivity index (χ0v) is 13.0. The lowest BCUT2D eigenvalue weighted by atomic mass is 9.68. The van der Waals surface area contributed by atoms with Crippen LogP contribution in [0.25, 0.3) is 0 Å². The van der Waals surface area contributed by atoms with Crippen LogP contribution < -0.4 is 0 Å². The topological polar surface area (TPSA) is 50.8 Å². The number of likely N-dealkylation sites (tertiary alicyclic amines) is 1. The van der Waals surface area contributed by atoms with Crippen molar-refractivity contribution in [3.63, 3.8) is 0 Å². The third-order valence-corrected chi connectivity index (χ3v) is 4.97. The Morgan fingerprint density at radius 2 is 1.95 bits per heavy atom. The van der Waals surface area contributed by atoms with E-state index < -0.39 is 0 Å². The molecule has 21 heavy (non-hydrogen) atoms. The molecule has 0 N–H and O–H groups in total. The van der Waals surface area contributed by atoms with Crippen molar-refractivity contribution in [1.29, 1.82) is 10.5 Å². The maximum atomic E-state index is 9.10. The molecule has 110 valence electrons. The van der Waals surface area contributed by atoms with Crippen LogP contribution in [0.1, 0.15) is 44.2 Å². The average molecular weight is 281 g/mol. The minimum absolute atomic E-state index is 0.194. The monoisotopic (exact) mass is 281 g/mol. The molecule has 0 radical (unpaired) electrons. The van der Waals surface area contributed by atoms with E-state index >= 15 is 0 Å². The highest BCUT2D eigenvalue weighted by atomic mass is 15.1. The number of hydrogen-bond acceptors (Lipinski definition) is 3. The third kappa shape index (κ3) is 3.63. The van der Waals surface area contributed by atoms with E-state index in [0.717, 1.165) is 38.0 Å². The van der Waals surface area contributed by atoms with Crippen molar-refractivity contribution in [3.05, 3.63) is 35.4 Å². The lowest BCUT2D eigenvalue weighted by Crippen LogP contribution is -2.42. The molecule has 0 amide bonds. The summed E-state index contributed by atoms with van der Waals surface area (Å²) in [7, 11) is 0. The molecule has 0 aromatic heterocycles. The molecular formula is C18H23N3. The Morgan fingerprint density at radius 3 is 2.52 bits per heavy atom. The van der Waals surface area contributed by atoms with E-state index in [1.54, 1.807) is 0 Å². The molecule has 1 aliphatic rings. The van der Waals surface area contributed by atoms with Crippen LogP contribution in [-0.2, 0) is 6.54 Å². The van der Waals surface area contributed by atoms with Gasteiger partial charge in [-0.25, -0.2) is 0 Å². The van der Waals surface area contributed by atoms with Crippen molar-refractivity contribution in [3.8, 4) is 12.1 Å². The summed E-state index contributed by atoms with van der Waals surface area (Å²) in [4.78, 5) is 2.44. The third-order valence-electron chi connectivity index (χ3n) is 4.97. The Labute approximate surface area is 127 Å². The summed E-state index contributed by atoms with van der Waals surface area (Å²) in [6.45, 7) is 7.45. The summed E-state index contributed by atoms with van der Waals surface area (Å²) in [5, 5.41) is 18.1. The molecule has 0 bridgehead atoms. The quantitative estimate of drug-likeness (QED) is 0.845. The van der Waals surface area contributed by atoms with E-state index in [0.29, 0.717) is 12.3 Å². The molecule has 1 aromatic rings. The summed E-state index contributed by atoms with van der Waals surface area (Å²) >= 11 is 0. The second-order valence-corrected chi connectivity index (χ2v) is 6.44. The van der Waals surface area contributed by atoms with Gasteiger partial charge in [0.05, 0.1) is 17.7 Å². The van der Waals surface area contributed by atoms with Crippen LogP contribution in [0, 0.1) is 34.0 Å². The molecule has 1 heterocycles. The second-order valence-electron chi connectivity index (χ2n) is 6.44. The summed E-state index contributed by atoms with van der Waals surface area (Å²) in [5.41, 5.74) is 2.12. The van der Waals surface area contributed by atoms with Gasteiger partial charge in [-0.2, -0.15) is 10.5 Å². The number of rotatable bonds is 4. The van der Waals surface area contributed by atoms with E-state index in [1.165, 1.54) is 5.56 Å². The normalized spacial score (nSPS) is 18.1. The molecule has 0 aliphatic carbocycles. The highest BCUT2D eigenvalue weighted by Gasteiger charge is 2.37. The fourth-order valence-electron chi connectivity index (χ4n) is 3.27. The van der Waals surface area contributed by atoms with Crippen molar-refractivity contribution in [2.24, 2.45) is 11.3 Å². The number of hydrogen-bond donors (Lipinski definition) is 0. The van der Waals surface area contributed by atoms with Gasteiger partial charge in [-0.15, -0.1) is 0 Å². The summed E-state index contributed by atoms with van der Waals surface area (Å²) in [6.07, 6.45) is 2.86. The van der Waals surface area contributed by atoms with Crippen molar-refractivity contribution in [1.82, 2.24) is 4.90 Å². The fourth-order valence-corrected chi connectivity index (χ4v) is 3.27. The fraction of sp³-hybridized carbons (Fsp3) is 0.556. The summed E-state index contributed by atoms with van der Waals surface area (Å²) < 4.78 is 0. The SMILES string of the molecule is CC(C)C1(CC#N)CCN(Cc2cccc(C#N)c2)CC1. The maximum absolute atomic E-state index is 9.10. The predicted octanol–water partition coefficient (Wildman–Crippen LogP) is 3.71. The minimum Gasteiger partial charge on any atom is -0.299 e. The van der Waals surface area contributed by atoms with Crippen LogP contribution >= 0.6 is 0 Å². The first kappa shape index (κ1) is 15.5. The van der Waals surface area contributed by atoms with Crippen LogP contribution in [0.4, 0.5) is 0 Å². The molecule has 0 saturated carbocycles. The summed E-state index contributed by atoms with van der Waals surface area (Å²) in [6, 6.07) is 12.4. The lowest BCUT2D eigenvalue weighted by molar-refractivity contribution is 0.0617. The number of nitriles is 2. The minimum atomic E-state index is 0.194. The Morgan fingerprint density at radius 1 is 1.24 bits per heavy atom. The van der Waals surface area contributed by atoms with E-state index in [-0.39, 0.29) is 5.41 Å². The average Bonchev–Trinajstić information content (AvgIpc) is 2.49. The molecule has 1 saturated heterocycles. The number of benzene rings is 1. The van der Waals surface area contributed by atoms with Crippen molar-refractivity contribution < 1.29 is 0 Å². The van der Waals surface area contributed by atoms with Gasteiger partial charge in [-0.05, 0) is 55.0 Å². The van der Waals surface area contributed by atoms with Gasteiger partial charge in [0.25, 0.3) is 0 Å². The molecular weight excluding hydrogens is 258 g/mol. The Bertz CT molecular complexity index is 555. The molecule has 3 heteroatoms. The predicted molar refractivity (Wildman–Crippen MR) is 83.2 cm³/mol. The van der Waals surface area contributed by atoms with Gasteiger partial charge >= 0.3 is 0 Å². The van der Waals surface area contributed by atoms with E-state index in [4.69, 9.17) is 10.5 Å². The molecule has 3 nitrogen and oxygen atoms in total. The molecule has 1 aliphatic heterocycles. The number of piperidine rings is 1. The Kier molecular flexibility index (Phi) is 4.99. The van der Waals surface area contributed by atoms with E-state index in [1.807, 2.05) is 18.2 Å². The first-order chi connectivity index (χ1) is 10.1. The highest BCUT2D eigenvalue weighted by Crippen LogP contribution is 2.41. The van der Waals surface area contributed by atoms with Crippen LogP contribution in [0.2, 0.25) is 0 Å². The van der Waals surface area contributed by atoms with Crippen molar-refractivity contribution >= 4 is 0 Å². The van der Waals surface area contributed by atoms with Crippen LogP contribution in [0.3, 0.4) is 0 Å². The van der Waals surface area contributed by atoms with E-state index in [9.17, 15) is 0 Å². The molecule has 2 rings (SSSR count). The van der Waals surface area contributed by atoms with Gasteiger partial charge in [-0.1, -0.05) is 26.0 Å². The van der Waals surface area contributed by atoms with Gasteiger partial charge in [0.1, 0.15) is 0 Å². The molecule has 1 fully saturated rings. The molecule has 0 unspecified atom stereocenters. The molecule has 0 atom stereocenters. The molecule has 0 spiro atoms. The van der Waals surface area contributed by atoms with Crippen LogP contribution in [0.5, 0.6) is 0 Å². The maximum Gasteiger partial charge on any atom is 0.0991 e. The van der Waals surface area contributed by atoms with Gasteiger partial charge in [0, 0.05) is 13.0 Å². The van der Waals surface area contributed by atoms with Crippen LogP contribution in [0.15, 0.2) is 24.3 Å². The first-order valence-corrected chi connectivity index (χ1v) is 7.68.